The van der Waals surface area contributed by atoms with Crippen molar-refractivity contribution in [1.29, 1.82) is 0 Å². The lowest BCUT2D eigenvalue weighted by atomic mass is 10.2. The number of hydrogen-bond acceptors (Lipinski definition) is 4. The highest BCUT2D eigenvalue weighted by Crippen LogP contribution is 2.19. The van der Waals surface area contributed by atoms with Crippen molar-refractivity contribution in [1.82, 2.24) is 14.6 Å². The van der Waals surface area contributed by atoms with Crippen LogP contribution < -0.4 is 11.5 Å². The van der Waals surface area contributed by atoms with Crippen molar-refractivity contribution in [2.45, 2.75) is 0 Å². The van der Waals surface area contributed by atoms with Crippen LogP contribution in [-0.4, -0.2) is 14.6 Å². The molecule has 0 fully saturated rings. The van der Waals surface area contributed by atoms with Crippen LogP contribution in [0.4, 0.5) is 11.4 Å². The van der Waals surface area contributed by atoms with E-state index >= 15 is 0 Å². The molecule has 0 aliphatic carbocycles. The van der Waals surface area contributed by atoms with Gasteiger partial charge in [0.25, 0.3) is 0 Å². The van der Waals surface area contributed by atoms with E-state index in [-0.39, 0.29) is 0 Å². The molecular weight excluding hydrogens is 214 g/mol. The fraction of sp³-hybridized carbons (Fsp3) is 0. The van der Waals surface area contributed by atoms with E-state index in [0.717, 1.165) is 11.2 Å². The lowest BCUT2D eigenvalue weighted by molar-refractivity contribution is 0.967. The SMILES string of the molecule is Nc1cccc(-c2nc3cc(N)ccn3n2)c1. The molecule has 17 heavy (non-hydrogen) atoms. The van der Waals surface area contributed by atoms with Crippen LogP contribution in [0.2, 0.25) is 0 Å². The summed E-state index contributed by atoms with van der Waals surface area (Å²) in [7, 11) is 0. The van der Waals surface area contributed by atoms with Gasteiger partial charge in [0.2, 0.25) is 0 Å². The van der Waals surface area contributed by atoms with E-state index in [1.165, 1.54) is 0 Å². The van der Waals surface area contributed by atoms with Gasteiger partial charge in [0, 0.05) is 29.2 Å². The Labute approximate surface area is 97.7 Å². The van der Waals surface area contributed by atoms with Gasteiger partial charge in [0.05, 0.1) is 0 Å². The number of rotatable bonds is 1. The Hall–Kier alpha value is -2.56. The molecule has 0 radical (unpaired) electrons. The third kappa shape index (κ3) is 1.67. The molecule has 1 aromatic carbocycles. The van der Waals surface area contributed by atoms with E-state index in [1.807, 2.05) is 24.3 Å². The summed E-state index contributed by atoms with van der Waals surface area (Å²) in [5.41, 5.74) is 14.4. The molecule has 3 aromatic rings. The van der Waals surface area contributed by atoms with Gasteiger partial charge >= 0.3 is 0 Å². The number of fused-ring (bicyclic) bond motifs is 1. The molecule has 0 aliphatic rings. The van der Waals surface area contributed by atoms with Crippen molar-refractivity contribution < 1.29 is 0 Å². The van der Waals surface area contributed by atoms with Gasteiger partial charge in [-0.2, -0.15) is 0 Å². The molecule has 0 aliphatic heterocycles. The highest BCUT2D eigenvalue weighted by atomic mass is 15.3. The molecule has 2 heterocycles. The van der Waals surface area contributed by atoms with E-state index < -0.39 is 0 Å². The summed E-state index contributed by atoms with van der Waals surface area (Å²) in [5.74, 6) is 0.642. The first kappa shape index (κ1) is 9.65. The third-order valence-electron chi connectivity index (χ3n) is 2.51. The topological polar surface area (TPSA) is 82.2 Å². The normalized spacial score (nSPS) is 10.8. The van der Waals surface area contributed by atoms with Crippen LogP contribution in [0.5, 0.6) is 0 Å². The van der Waals surface area contributed by atoms with E-state index in [1.54, 1.807) is 22.8 Å². The first-order chi connectivity index (χ1) is 8.22. The predicted molar refractivity (Wildman–Crippen MR) is 67.2 cm³/mol. The average Bonchev–Trinajstić information content (AvgIpc) is 2.72. The van der Waals surface area contributed by atoms with Crippen molar-refractivity contribution in [3.05, 3.63) is 42.6 Å². The third-order valence-corrected chi connectivity index (χ3v) is 2.51. The summed E-state index contributed by atoms with van der Waals surface area (Å²) < 4.78 is 1.69. The lowest BCUT2D eigenvalue weighted by Gasteiger charge is -1.95. The summed E-state index contributed by atoms with van der Waals surface area (Å²) in [4.78, 5) is 4.40. The van der Waals surface area contributed by atoms with Crippen LogP contribution in [0, 0.1) is 0 Å². The molecule has 0 atom stereocenters. The molecule has 84 valence electrons. The second-order valence-electron chi connectivity index (χ2n) is 3.82. The molecule has 5 heteroatoms. The Balaban J connectivity index is 2.18. The van der Waals surface area contributed by atoms with Gasteiger partial charge in [0.1, 0.15) is 0 Å². The first-order valence-corrected chi connectivity index (χ1v) is 5.20. The number of pyridine rings is 1. The Bertz CT molecular complexity index is 686. The van der Waals surface area contributed by atoms with E-state index in [4.69, 9.17) is 11.5 Å². The quantitative estimate of drug-likeness (QED) is 0.616. The maximum Gasteiger partial charge on any atom is 0.182 e. The van der Waals surface area contributed by atoms with Crippen LogP contribution >= 0.6 is 0 Å². The van der Waals surface area contributed by atoms with Crippen LogP contribution in [-0.2, 0) is 0 Å². The molecule has 5 nitrogen and oxygen atoms in total. The second-order valence-corrected chi connectivity index (χ2v) is 3.82. The van der Waals surface area contributed by atoms with Crippen LogP contribution in [0.15, 0.2) is 42.6 Å². The van der Waals surface area contributed by atoms with Crippen molar-refractivity contribution in [3.8, 4) is 11.4 Å². The van der Waals surface area contributed by atoms with Crippen molar-refractivity contribution in [2.24, 2.45) is 0 Å². The second kappa shape index (κ2) is 3.48. The maximum atomic E-state index is 5.73. The number of nitrogen functional groups attached to an aromatic ring is 2. The number of nitrogens with two attached hydrogens (primary N) is 2. The van der Waals surface area contributed by atoms with Crippen molar-refractivity contribution >= 4 is 17.0 Å². The summed E-state index contributed by atoms with van der Waals surface area (Å²) in [6.07, 6.45) is 1.79. The van der Waals surface area contributed by atoms with Gasteiger partial charge in [-0.3, -0.25) is 0 Å². The lowest BCUT2D eigenvalue weighted by Crippen LogP contribution is -1.90. The fourth-order valence-corrected chi connectivity index (χ4v) is 1.70. The Morgan fingerprint density at radius 2 is 1.82 bits per heavy atom. The molecule has 0 saturated carbocycles. The molecule has 0 unspecified atom stereocenters. The largest absolute Gasteiger partial charge is 0.399 e. The number of anilines is 2. The smallest absolute Gasteiger partial charge is 0.182 e. The summed E-state index contributed by atoms with van der Waals surface area (Å²) in [6.45, 7) is 0. The summed E-state index contributed by atoms with van der Waals surface area (Å²) >= 11 is 0. The number of benzene rings is 1. The zero-order valence-corrected chi connectivity index (χ0v) is 9.04. The van der Waals surface area contributed by atoms with Crippen LogP contribution in [0.3, 0.4) is 0 Å². The molecule has 4 N–H and O–H groups in total. The van der Waals surface area contributed by atoms with Gasteiger partial charge in [-0.1, -0.05) is 12.1 Å². The summed E-state index contributed by atoms with van der Waals surface area (Å²) in [6, 6.07) is 11.0. The van der Waals surface area contributed by atoms with Gasteiger partial charge in [-0.05, 0) is 18.2 Å². The van der Waals surface area contributed by atoms with Crippen molar-refractivity contribution in [2.75, 3.05) is 11.5 Å². The van der Waals surface area contributed by atoms with E-state index in [9.17, 15) is 0 Å². The average molecular weight is 225 g/mol. The van der Waals surface area contributed by atoms with Gasteiger partial charge in [-0.15, -0.1) is 5.10 Å². The monoisotopic (exact) mass is 225 g/mol. The molecule has 0 amide bonds. The van der Waals surface area contributed by atoms with E-state index in [2.05, 4.69) is 10.1 Å². The van der Waals surface area contributed by atoms with Gasteiger partial charge in [-0.25, -0.2) is 9.50 Å². The van der Waals surface area contributed by atoms with Gasteiger partial charge in [0.15, 0.2) is 11.5 Å². The standard InChI is InChI=1S/C12H11N5/c13-9-3-1-2-8(6-9)12-15-11-7-10(14)4-5-17(11)16-12/h1-7H,13-14H2. The minimum Gasteiger partial charge on any atom is -0.399 e. The Morgan fingerprint density at radius 1 is 1.00 bits per heavy atom. The zero-order valence-electron chi connectivity index (χ0n) is 9.04. The van der Waals surface area contributed by atoms with E-state index in [0.29, 0.717) is 17.2 Å². The molecular formula is C12H11N5. The molecule has 0 spiro atoms. The molecule has 2 aromatic heterocycles. The Morgan fingerprint density at radius 3 is 2.65 bits per heavy atom. The van der Waals surface area contributed by atoms with Gasteiger partial charge < -0.3 is 11.5 Å². The van der Waals surface area contributed by atoms with Crippen LogP contribution in [0.25, 0.3) is 17.0 Å². The van der Waals surface area contributed by atoms with Crippen LogP contribution in [0.1, 0.15) is 0 Å². The predicted octanol–water partition coefficient (Wildman–Crippen LogP) is 1.56. The highest BCUT2D eigenvalue weighted by molar-refractivity contribution is 5.63. The fourth-order valence-electron chi connectivity index (χ4n) is 1.70. The number of hydrogen-bond donors (Lipinski definition) is 2. The Kier molecular flexibility index (Phi) is 1.98. The zero-order chi connectivity index (χ0) is 11.8. The molecule has 0 saturated heterocycles. The molecule has 3 rings (SSSR count). The number of aromatic nitrogens is 3. The minimum absolute atomic E-state index is 0.642. The summed E-state index contributed by atoms with van der Waals surface area (Å²) in [5, 5.41) is 4.36. The highest BCUT2D eigenvalue weighted by Gasteiger charge is 2.06. The number of nitrogens with zero attached hydrogens (tertiary/aromatic N) is 3. The maximum absolute atomic E-state index is 5.73. The first-order valence-electron chi connectivity index (χ1n) is 5.20. The minimum atomic E-state index is 0.642. The van der Waals surface area contributed by atoms with Crippen molar-refractivity contribution in [3.63, 3.8) is 0 Å². The molecule has 0 bridgehead atoms.